The number of hydrogen-bond donors (Lipinski definition) is 1. The second kappa shape index (κ2) is 10.1. The Morgan fingerprint density at radius 2 is 1.68 bits per heavy atom. The molecule has 1 rings (SSSR count). The van der Waals surface area contributed by atoms with E-state index >= 15 is 0 Å². The maximum absolute atomic E-state index is 13.1. The van der Waals surface area contributed by atoms with Crippen LogP contribution >= 0.6 is 0 Å². The molecule has 0 unspecified atom stereocenters. The molecular formula is C22H35NO4S. The van der Waals surface area contributed by atoms with E-state index in [4.69, 9.17) is 4.74 Å². The van der Waals surface area contributed by atoms with Gasteiger partial charge in [-0.05, 0) is 64.2 Å². The molecule has 0 saturated heterocycles. The first-order valence-electron chi connectivity index (χ1n) is 9.85. The van der Waals surface area contributed by atoms with Crippen molar-refractivity contribution >= 4 is 15.9 Å². The van der Waals surface area contributed by atoms with E-state index in [1.165, 1.54) is 0 Å². The summed E-state index contributed by atoms with van der Waals surface area (Å²) in [5.74, 6) is 0.607. The molecule has 0 aliphatic rings. The predicted molar refractivity (Wildman–Crippen MR) is 114 cm³/mol. The van der Waals surface area contributed by atoms with E-state index in [1.54, 1.807) is 51.1 Å². The first-order valence-corrected chi connectivity index (χ1v) is 11.3. The van der Waals surface area contributed by atoms with Gasteiger partial charge in [0.05, 0.1) is 4.90 Å². The number of aryl methyl sites for hydroxylation is 1. The summed E-state index contributed by atoms with van der Waals surface area (Å²) < 4.78 is 31.5. The lowest BCUT2D eigenvalue weighted by Gasteiger charge is -2.21. The number of ether oxygens (including phenoxy) is 1. The zero-order chi connectivity index (χ0) is 21.5. The van der Waals surface area contributed by atoms with Gasteiger partial charge in [0, 0.05) is 0 Å². The fraction of sp³-hybridized carbons (Fsp3) is 0.591. The number of nitrogens with one attached hydrogen (secondary N) is 1. The zero-order valence-corrected chi connectivity index (χ0v) is 19.0. The number of hydrogen-bond acceptors (Lipinski definition) is 4. The summed E-state index contributed by atoms with van der Waals surface area (Å²) >= 11 is 0. The van der Waals surface area contributed by atoms with E-state index in [0.717, 1.165) is 24.8 Å². The zero-order valence-electron chi connectivity index (χ0n) is 18.2. The fourth-order valence-electron chi connectivity index (χ4n) is 2.64. The summed E-state index contributed by atoms with van der Waals surface area (Å²) in [6.45, 7) is 13.4. The number of allylic oxidation sites excluding steroid dienone is 1. The molecule has 1 N–H and O–H groups in total. The van der Waals surface area contributed by atoms with Crippen LogP contribution in [0.2, 0.25) is 0 Å². The minimum Gasteiger partial charge on any atom is -0.444 e. The lowest BCUT2D eigenvalue weighted by atomic mass is 10.00. The summed E-state index contributed by atoms with van der Waals surface area (Å²) in [5, 5.41) is 2.35. The van der Waals surface area contributed by atoms with E-state index in [-0.39, 0.29) is 15.8 Å². The van der Waals surface area contributed by atoms with Crippen LogP contribution in [0.4, 0.5) is 4.79 Å². The summed E-state index contributed by atoms with van der Waals surface area (Å²) in [7, 11) is -3.86. The lowest BCUT2D eigenvalue weighted by Crippen LogP contribution is -2.34. The number of benzene rings is 1. The van der Waals surface area contributed by atoms with Crippen molar-refractivity contribution in [1.29, 1.82) is 0 Å². The van der Waals surface area contributed by atoms with Crippen LogP contribution < -0.4 is 5.32 Å². The van der Waals surface area contributed by atoms with Gasteiger partial charge < -0.3 is 4.74 Å². The number of carbonyl (C=O) groups excluding carboxylic acids is 1. The highest BCUT2D eigenvalue weighted by Crippen LogP contribution is 2.22. The molecule has 0 bridgehead atoms. The van der Waals surface area contributed by atoms with Gasteiger partial charge in [-0.1, -0.05) is 51.3 Å². The van der Waals surface area contributed by atoms with Crippen molar-refractivity contribution in [3.8, 4) is 0 Å². The molecule has 28 heavy (non-hydrogen) atoms. The van der Waals surface area contributed by atoms with Crippen molar-refractivity contribution in [3.05, 3.63) is 40.9 Å². The molecule has 1 aromatic carbocycles. The second-order valence-electron chi connectivity index (χ2n) is 8.78. The van der Waals surface area contributed by atoms with Gasteiger partial charge in [-0.3, -0.25) is 5.32 Å². The minimum absolute atomic E-state index is 0.00362. The molecular weight excluding hydrogens is 374 g/mol. The third-order valence-corrected chi connectivity index (χ3v) is 5.83. The molecule has 0 aliphatic carbocycles. The Morgan fingerprint density at radius 3 is 2.18 bits per heavy atom. The average molecular weight is 410 g/mol. The van der Waals surface area contributed by atoms with Crippen LogP contribution in [0.15, 0.2) is 40.3 Å². The fourth-order valence-corrected chi connectivity index (χ4v) is 4.01. The Kier molecular flexibility index (Phi) is 8.74. The maximum atomic E-state index is 13.1. The van der Waals surface area contributed by atoms with Crippen LogP contribution in [0.1, 0.15) is 66.4 Å². The number of amides is 1. The highest BCUT2D eigenvalue weighted by atomic mass is 32.2. The van der Waals surface area contributed by atoms with Crippen LogP contribution in [0, 0.1) is 18.8 Å². The Balaban J connectivity index is 3.13. The molecule has 0 fully saturated rings. The van der Waals surface area contributed by atoms with Crippen molar-refractivity contribution in [3.63, 3.8) is 0 Å². The molecule has 0 spiro atoms. The second-order valence-corrected chi connectivity index (χ2v) is 10.7. The number of carbonyl (C=O) groups is 1. The van der Waals surface area contributed by atoms with Gasteiger partial charge in [0.2, 0.25) is 9.84 Å². The molecule has 1 aromatic rings. The van der Waals surface area contributed by atoms with E-state index in [2.05, 4.69) is 19.2 Å². The van der Waals surface area contributed by atoms with Crippen LogP contribution in [0.25, 0.3) is 0 Å². The molecule has 0 aliphatic heterocycles. The monoisotopic (exact) mass is 409 g/mol. The van der Waals surface area contributed by atoms with Crippen LogP contribution in [-0.4, -0.2) is 20.1 Å². The van der Waals surface area contributed by atoms with Gasteiger partial charge in [-0.15, -0.1) is 0 Å². The topological polar surface area (TPSA) is 72.5 Å². The van der Waals surface area contributed by atoms with Gasteiger partial charge in [0.25, 0.3) is 0 Å². The average Bonchev–Trinajstić information content (AvgIpc) is 2.52. The minimum atomic E-state index is -3.86. The first kappa shape index (κ1) is 24.2. The standard InChI is InChI=1S/C22H35NO4S/c1-16(2)9-8-10-18(4)15-20(23-21(24)27-22(5,6)7)28(25,26)19-13-11-17(3)12-14-19/h11-16,18H,8-10H2,1-7H3,(H,23,24)/t18-/m1/s1. The quantitative estimate of drug-likeness (QED) is 0.607. The third kappa shape index (κ3) is 8.46. The molecule has 1 amide bonds. The summed E-state index contributed by atoms with van der Waals surface area (Å²) in [5.41, 5.74) is 0.248. The molecule has 0 saturated carbocycles. The summed E-state index contributed by atoms with van der Waals surface area (Å²) in [6.07, 6.45) is 3.78. The van der Waals surface area contributed by atoms with Gasteiger partial charge in [-0.2, -0.15) is 0 Å². The molecule has 5 nitrogen and oxygen atoms in total. The van der Waals surface area contributed by atoms with E-state index in [1.807, 2.05) is 13.8 Å². The molecule has 0 heterocycles. The predicted octanol–water partition coefficient (Wildman–Crippen LogP) is 5.60. The highest BCUT2D eigenvalue weighted by Gasteiger charge is 2.26. The first-order chi connectivity index (χ1) is 12.8. The van der Waals surface area contributed by atoms with Crippen molar-refractivity contribution in [2.45, 2.75) is 78.2 Å². The molecule has 158 valence electrons. The van der Waals surface area contributed by atoms with E-state index in [9.17, 15) is 13.2 Å². The molecule has 1 atom stereocenters. The van der Waals surface area contributed by atoms with Gasteiger partial charge in [-0.25, -0.2) is 13.2 Å². The number of alkyl carbamates (subject to hydrolysis) is 1. The number of rotatable bonds is 8. The Bertz CT molecular complexity index is 772. The van der Waals surface area contributed by atoms with E-state index < -0.39 is 21.5 Å². The largest absolute Gasteiger partial charge is 0.444 e. The van der Waals surface area contributed by atoms with Gasteiger partial charge in [0.15, 0.2) is 0 Å². The smallest absolute Gasteiger partial charge is 0.412 e. The van der Waals surface area contributed by atoms with Crippen molar-refractivity contribution < 1.29 is 17.9 Å². The Labute approximate surface area is 170 Å². The summed E-state index contributed by atoms with van der Waals surface area (Å²) in [4.78, 5) is 12.4. The van der Waals surface area contributed by atoms with Crippen LogP contribution in [0.5, 0.6) is 0 Å². The maximum Gasteiger partial charge on any atom is 0.412 e. The van der Waals surface area contributed by atoms with Crippen molar-refractivity contribution in [1.82, 2.24) is 5.32 Å². The molecule has 0 radical (unpaired) electrons. The highest BCUT2D eigenvalue weighted by molar-refractivity contribution is 7.95. The van der Waals surface area contributed by atoms with E-state index in [0.29, 0.717) is 5.92 Å². The third-order valence-electron chi connectivity index (χ3n) is 4.12. The normalized spacial score (nSPS) is 14.1. The Hall–Kier alpha value is -1.82. The SMILES string of the molecule is Cc1ccc(S(=O)(=O)C(=C[C@H](C)CCCC(C)C)NC(=O)OC(C)(C)C)cc1. The lowest BCUT2D eigenvalue weighted by molar-refractivity contribution is 0.0549. The number of sulfone groups is 1. The van der Waals surface area contributed by atoms with Crippen LogP contribution in [-0.2, 0) is 14.6 Å². The van der Waals surface area contributed by atoms with Crippen molar-refractivity contribution in [2.75, 3.05) is 0 Å². The molecule has 6 heteroatoms. The summed E-state index contributed by atoms with van der Waals surface area (Å²) in [6, 6.07) is 6.59. The Morgan fingerprint density at radius 1 is 1.11 bits per heavy atom. The van der Waals surface area contributed by atoms with Gasteiger partial charge >= 0.3 is 6.09 Å². The van der Waals surface area contributed by atoms with Gasteiger partial charge in [0.1, 0.15) is 10.6 Å². The van der Waals surface area contributed by atoms with Crippen molar-refractivity contribution in [2.24, 2.45) is 11.8 Å². The van der Waals surface area contributed by atoms with Crippen LogP contribution in [0.3, 0.4) is 0 Å². The molecule has 0 aromatic heterocycles.